The van der Waals surface area contributed by atoms with Crippen LogP contribution in [0.1, 0.15) is 5.69 Å². The van der Waals surface area contributed by atoms with Crippen molar-refractivity contribution in [2.45, 2.75) is 0 Å². The Morgan fingerprint density at radius 2 is 1.00 bits per heavy atom. The Kier molecular flexibility index (Phi) is 6.45. The zero-order chi connectivity index (χ0) is 31.0. The molecule has 4 aromatic carbocycles. The van der Waals surface area contributed by atoms with E-state index in [4.69, 9.17) is 16.5 Å². The molecule has 4 aromatic heterocycles. The molecule has 0 atom stereocenters. The third-order valence-electron chi connectivity index (χ3n) is 8.26. The van der Waals surface area contributed by atoms with Crippen LogP contribution in [0.4, 0.5) is 5.82 Å². The van der Waals surface area contributed by atoms with Gasteiger partial charge in [-0.2, -0.15) is 5.26 Å². The van der Waals surface area contributed by atoms with E-state index in [1.165, 1.54) is 0 Å². The molecular weight excluding hydrogens is 564 g/mol. The summed E-state index contributed by atoms with van der Waals surface area (Å²) in [4.78, 5) is 21.9. The average molecular weight is 587 g/mol. The van der Waals surface area contributed by atoms with E-state index in [0.29, 0.717) is 11.5 Å². The smallest absolute Gasteiger partial charge is 0.270 e. The van der Waals surface area contributed by atoms with E-state index in [0.717, 1.165) is 77.3 Å². The van der Waals surface area contributed by atoms with Crippen molar-refractivity contribution in [3.63, 3.8) is 0 Å². The molecule has 0 bridgehead atoms. The monoisotopic (exact) mass is 586 g/mol. The van der Waals surface area contributed by atoms with Gasteiger partial charge in [-0.25, -0.2) is 15.0 Å². The Bertz CT molecular complexity index is 2390. The fourth-order valence-corrected chi connectivity index (χ4v) is 6.16. The maximum absolute atomic E-state index is 9.38. The van der Waals surface area contributed by atoms with Crippen LogP contribution < -0.4 is 0 Å². The first-order valence-electron chi connectivity index (χ1n) is 14.7. The number of pyridine rings is 4. The minimum atomic E-state index is 0.343. The van der Waals surface area contributed by atoms with Crippen LogP contribution in [0, 0.1) is 17.9 Å². The highest BCUT2D eigenvalue weighted by molar-refractivity contribution is 6.23. The lowest BCUT2D eigenvalue weighted by atomic mass is 9.89. The van der Waals surface area contributed by atoms with Gasteiger partial charge in [-0.15, -0.1) is 4.98 Å². The zero-order valence-electron chi connectivity index (χ0n) is 24.4. The molecule has 8 aromatic rings. The molecule has 0 spiro atoms. The maximum Gasteiger partial charge on any atom is 0.270 e. The van der Waals surface area contributed by atoms with Crippen molar-refractivity contribution in [1.29, 1.82) is 5.26 Å². The molecule has 0 saturated heterocycles. The van der Waals surface area contributed by atoms with Gasteiger partial charge in [0.05, 0.1) is 22.8 Å². The summed E-state index contributed by atoms with van der Waals surface area (Å²) in [5, 5.41) is 16.1. The van der Waals surface area contributed by atoms with Crippen molar-refractivity contribution in [3.05, 3.63) is 151 Å². The first-order valence-corrected chi connectivity index (χ1v) is 14.7. The second-order valence-corrected chi connectivity index (χ2v) is 10.9. The predicted octanol–water partition coefficient (Wildman–Crippen LogP) is 9.82. The Hall–Kier alpha value is -6.76. The minimum Gasteiger partial charge on any atom is -0.361 e. The lowest BCUT2D eigenvalue weighted by Crippen LogP contribution is -1.93. The summed E-state index contributed by atoms with van der Waals surface area (Å²) in [6.45, 7) is 7.37. The summed E-state index contributed by atoms with van der Waals surface area (Å²) >= 11 is 0. The molecule has 0 N–H and O–H groups in total. The van der Waals surface area contributed by atoms with Crippen molar-refractivity contribution in [1.82, 2.24) is 19.9 Å². The van der Waals surface area contributed by atoms with Gasteiger partial charge in [0.1, 0.15) is 18.0 Å². The number of benzene rings is 4. The fourth-order valence-electron chi connectivity index (χ4n) is 6.16. The SMILES string of the molecule is [C-]#[N+]c1cc(-c2cccc(-c3cc4c5ccccc5c(-c5cccc(-c6ccnc(C#N)c6)n5)cc4c4ccccc34)n2)ccn1. The van der Waals surface area contributed by atoms with Crippen LogP contribution in [-0.2, 0) is 0 Å². The summed E-state index contributed by atoms with van der Waals surface area (Å²) in [6, 6.07) is 42.8. The number of nitriles is 1. The first kappa shape index (κ1) is 26.8. The summed E-state index contributed by atoms with van der Waals surface area (Å²) in [5.74, 6) is 0.343. The van der Waals surface area contributed by atoms with Crippen molar-refractivity contribution < 1.29 is 0 Å². The number of hydrogen-bond donors (Lipinski definition) is 0. The largest absolute Gasteiger partial charge is 0.361 e. The van der Waals surface area contributed by atoms with Gasteiger partial charge in [0.25, 0.3) is 5.82 Å². The quantitative estimate of drug-likeness (QED) is 0.151. The first-order chi connectivity index (χ1) is 22.7. The van der Waals surface area contributed by atoms with E-state index >= 15 is 0 Å². The highest BCUT2D eigenvalue weighted by Crippen LogP contribution is 2.41. The van der Waals surface area contributed by atoms with E-state index in [2.05, 4.69) is 81.5 Å². The molecule has 4 heterocycles. The van der Waals surface area contributed by atoms with Gasteiger partial charge < -0.3 is 4.85 Å². The van der Waals surface area contributed by atoms with Crippen LogP contribution in [0.25, 0.3) is 82.2 Å². The summed E-state index contributed by atoms with van der Waals surface area (Å²) in [6.07, 6.45) is 3.29. The van der Waals surface area contributed by atoms with E-state index in [1.54, 1.807) is 24.5 Å². The Morgan fingerprint density at radius 3 is 1.54 bits per heavy atom. The number of aromatic nitrogens is 4. The van der Waals surface area contributed by atoms with Gasteiger partial charge in [-0.05, 0) is 98.5 Å². The molecule has 6 nitrogen and oxygen atoms in total. The van der Waals surface area contributed by atoms with Crippen LogP contribution in [-0.4, -0.2) is 19.9 Å². The average Bonchev–Trinajstić information content (AvgIpc) is 3.14. The molecule has 212 valence electrons. The topological polar surface area (TPSA) is 79.7 Å². The fraction of sp³-hybridized carbons (Fsp3) is 0. The summed E-state index contributed by atoms with van der Waals surface area (Å²) < 4.78 is 0. The lowest BCUT2D eigenvalue weighted by Gasteiger charge is -2.16. The molecule has 0 saturated carbocycles. The van der Waals surface area contributed by atoms with Crippen LogP contribution in [0.3, 0.4) is 0 Å². The minimum absolute atomic E-state index is 0.343. The standard InChI is InChI=1S/C40H22N6/c1-42-40-21-26(17-19-44-40)37-13-7-15-39(46-37)35-23-33-28-8-2-4-10-30(28)34(22-32(33)29-9-3-5-11-31(29)35)38-14-6-12-36(45-38)25-16-18-43-27(20-25)24-41/h2-23H. The molecule has 0 fully saturated rings. The lowest BCUT2D eigenvalue weighted by molar-refractivity contribution is 1.25. The van der Waals surface area contributed by atoms with Crippen molar-refractivity contribution in [2.75, 3.05) is 0 Å². The Balaban J connectivity index is 1.36. The molecule has 0 radical (unpaired) electrons. The van der Waals surface area contributed by atoms with E-state index in [1.807, 2.05) is 48.5 Å². The molecule has 0 aliphatic carbocycles. The van der Waals surface area contributed by atoms with Gasteiger partial charge in [-0.1, -0.05) is 67.2 Å². The van der Waals surface area contributed by atoms with Crippen molar-refractivity contribution in [2.24, 2.45) is 0 Å². The molecule has 8 rings (SSSR count). The molecule has 6 heteroatoms. The Labute approximate surface area is 264 Å². The van der Waals surface area contributed by atoms with Gasteiger partial charge in [0, 0.05) is 22.9 Å². The van der Waals surface area contributed by atoms with Gasteiger partial charge in [-0.3, -0.25) is 0 Å². The third kappa shape index (κ3) is 4.59. The molecule has 0 amide bonds. The van der Waals surface area contributed by atoms with E-state index < -0.39 is 0 Å². The van der Waals surface area contributed by atoms with Gasteiger partial charge in [0.2, 0.25) is 0 Å². The third-order valence-corrected chi connectivity index (χ3v) is 8.26. The number of nitrogens with zero attached hydrogens (tertiary/aromatic N) is 6. The Morgan fingerprint density at radius 1 is 0.500 bits per heavy atom. The number of rotatable bonds is 4. The molecule has 46 heavy (non-hydrogen) atoms. The number of hydrogen-bond acceptors (Lipinski definition) is 5. The molecule has 0 aliphatic heterocycles. The molecular formula is C40H22N6. The maximum atomic E-state index is 9.38. The highest BCUT2D eigenvalue weighted by atomic mass is 14.9. The van der Waals surface area contributed by atoms with Crippen LogP contribution >= 0.6 is 0 Å². The van der Waals surface area contributed by atoms with Crippen LogP contribution in [0.15, 0.2) is 134 Å². The normalized spacial score (nSPS) is 11.0. The summed E-state index contributed by atoms with van der Waals surface area (Å²) in [5.41, 5.74) is 7.41. The van der Waals surface area contributed by atoms with Gasteiger partial charge in [0.15, 0.2) is 0 Å². The van der Waals surface area contributed by atoms with Crippen LogP contribution in [0.5, 0.6) is 0 Å². The second kappa shape index (κ2) is 11.1. The zero-order valence-corrected chi connectivity index (χ0v) is 24.4. The number of fused-ring (bicyclic) bond motifs is 5. The van der Waals surface area contributed by atoms with E-state index in [9.17, 15) is 5.26 Å². The van der Waals surface area contributed by atoms with Crippen molar-refractivity contribution in [3.8, 4) is 51.1 Å². The molecule has 0 unspecified atom stereocenters. The van der Waals surface area contributed by atoms with E-state index in [-0.39, 0.29) is 0 Å². The molecule has 0 aliphatic rings. The van der Waals surface area contributed by atoms with Crippen molar-refractivity contribution >= 4 is 38.1 Å². The van der Waals surface area contributed by atoms with Crippen LogP contribution in [0.2, 0.25) is 0 Å². The van der Waals surface area contributed by atoms with Gasteiger partial charge >= 0.3 is 0 Å². The summed E-state index contributed by atoms with van der Waals surface area (Å²) in [7, 11) is 0. The highest BCUT2D eigenvalue weighted by Gasteiger charge is 2.16. The predicted molar refractivity (Wildman–Crippen MR) is 183 cm³/mol. The second-order valence-electron chi connectivity index (χ2n) is 10.9.